The molecule has 0 radical (unpaired) electrons. The van der Waals surface area contributed by atoms with Crippen LogP contribution in [0.15, 0.2) is 42.5 Å². The van der Waals surface area contributed by atoms with E-state index in [9.17, 15) is 9.90 Å². The number of phenols is 1. The van der Waals surface area contributed by atoms with Gasteiger partial charge in [0.15, 0.2) is 0 Å². The summed E-state index contributed by atoms with van der Waals surface area (Å²) in [6.07, 6.45) is 1.59. The molecule has 128 valence electrons. The van der Waals surface area contributed by atoms with E-state index in [2.05, 4.69) is 5.32 Å². The van der Waals surface area contributed by atoms with Crippen molar-refractivity contribution in [1.82, 2.24) is 5.32 Å². The van der Waals surface area contributed by atoms with Crippen LogP contribution in [-0.4, -0.2) is 18.1 Å². The average Bonchev–Trinajstić information content (AvgIpc) is 3.19. The highest BCUT2D eigenvalue weighted by Gasteiger charge is 2.28. The Labute approximate surface area is 150 Å². The number of amides is 1. The number of hydrogen-bond donors (Lipinski definition) is 2. The molecule has 1 aromatic heterocycles. The van der Waals surface area contributed by atoms with Crippen LogP contribution in [0.2, 0.25) is 0 Å². The predicted molar refractivity (Wildman–Crippen MR) is 99.2 cm³/mol. The Morgan fingerprint density at radius 3 is 2.96 bits per heavy atom. The summed E-state index contributed by atoms with van der Waals surface area (Å²) in [4.78, 5) is 13.6. The van der Waals surface area contributed by atoms with E-state index in [0.29, 0.717) is 17.2 Å². The minimum absolute atomic E-state index is 0.0600. The van der Waals surface area contributed by atoms with E-state index in [1.807, 2.05) is 36.4 Å². The van der Waals surface area contributed by atoms with E-state index < -0.39 is 0 Å². The Kier molecular flexibility index (Phi) is 4.19. The number of thiophene rings is 1. The minimum Gasteiger partial charge on any atom is -0.508 e. The first-order chi connectivity index (χ1) is 12.2. The second-order valence-corrected chi connectivity index (χ2v) is 7.30. The summed E-state index contributed by atoms with van der Waals surface area (Å²) >= 11 is 1.50. The van der Waals surface area contributed by atoms with Gasteiger partial charge in [0.25, 0.3) is 5.91 Å². The van der Waals surface area contributed by atoms with Crippen LogP contribution in [0.5, 0.6) is 5.75 Å². The van der Waals surface area contributed by atoms with E-state index >= 15 is 0 Å². The molecule has 1 amide bonds. The lowest BCUT2D eigenvalue weighted by molar-refractivity contribution is 0.0936. The Balaban J connectivity index is 1.66. The van der Waals surface area contributed by atoms with E-state index in [1.165, 1.54) is 11.3 Å². The first-order valence-electron chi connectivity index (χ1n) is 8.30. The maximum Gasteiger partial charge on any atom is 0.262 e. The second-order valence-electron chi connectivity index (χ2n) is 6.25. The van der Waals surface area contributed by atoms with E-state index in [1.54, 1.807) is 13.2 Å². The van der Waals surface area contributed by atoms with E-state index in [0.717, 1.165) is 39.6 Å². The number of nitrogens with one attached hydrogen (secondary N) is 1. The molecule has 1 unspecified atom stereocenters. The number of fused-ring (bicyclic) bond motifs is 2. The smallest absolute Gasteiger partial charge is 0.262 e. The van der Waals surface area contributed by atoms with Crippen LogP contribution in [0.25, 0.3) is 10.1 Å². The van der Waals surface area contributed by atoms with Gasteiger partial charge in [0.1, 0.15) is 5.75 Å². The average molecular weight is 353 g/mol. The first kappa shape index (κ1) is 16.1. The van der Waals surface area contributed by atoms with Gasteiger partial charge in [0.2, 0.25) is 0 Å². The van der Waals surface area contributed by atoms with Gasteiger partial charge in [0, 0.05) is 17.4 Å². The van der Waals surface area contributed by atoms with Crippen LogP contribution < -0.4 is 5.32 Å². The third-order valence-corrected chi connectivity index (χ3v) is 5.96. The van der Waals surface area contributed by atoms with Crippen molar-refractivity contribution in [3.63, 3.8) is 0 Å². The monoisotopic (exact) mass is 353 g/mol. The highest BCUT2D eigenvalue weighted by molar-refractivity contribution is 7.21. The number of carbonyl (C=O) groups excluding carboxylic acids is 1. The van der Waals surface area contributed by atoms with Crippen molar-refractivity contribution in [2.75, 3.05) is 7.11 Å². The Hall–Kier alpha value is -2.37. The van der Waals surface area contributed by atoms with Gasteiger partial charge in [0.05, 0.1) is 17.5 Å². The van der Waals surface area contributed by atoms with Gasteiger partial charge in [-0.25, -0.2) is 0 Å². The van der Waals surface area contributed by atoms with Crippen molar-refractivity contribution in [3.05, 3.63) is 64.0 Å². The number of benzene rings is 2. The number of methoxy groups -OCH3 is 1. The van der Waals surface area contributed by atoms with Crippen molar-refractivity contribution in [2.24, 2.45) is 0 Å². The second kappa shape index (κ2) is 6.50. The fourth-order valence-electron chi connectivity index (χ4n) is 3.58. The van der Waals surface area contributed by atoms with Gasteiger partial charge in [-0.3, -0.25) is 4.79 Å². The van der Waals surface area contributed by atoms with Gasteiger partial charge in [-0.2, -0.15) is 0 Å². The molecule has 0 saturated carbocycles. The molecule has 4 rings (SSSR count). The Bertz CT molecular complexity index is 947. The van der Waals surface area contributed by atoms with Crippen LogP contribution in [0.3, 0.4) is 0 Å². The highest BCUT2D eigenvalue weighted by Crippen LogP contribution is 2.37. The molecule has 1 aliphatic carbocycles. The maximum absolute atomic E-state index is 12.9. The van der Waals surface area contributed by atoms with E-state index in [4.69, 9.17) is 4.74 Å². The summed E-state index contributed by atoms with van der Waals surface area (Å²) in [7, 11) is 1.64. The molecule has 3 aromatic rings. The van der Waals surface area contributed by atoms with Crippen LogP contribution in [-0.2, 0) is 17.8 Å². The molecule has 2 N–H and O–H groups in total. The van der Waals surface area contributed by atoms with Crippen molar-refractivity contribution < 1.29 is 14.6 Å². The van der Waals surface area contributed by atoms with E-state index in [-0.39, 0.29) is 11.9 Å². The minimum atomic E-state index is -0.0746. The first-order valence-corrected chi connectivity index (χ1v) is 9.11. The largest absolute Gasteiger partial charge is 0.508 e. The fourth-order valence-corrected chi connectivity index (χ4v) is 4.69. The maximum atomic E-state index is 12.9. The van der Waals surface area contributed by atoms with Crippen molar-refractivity contribution in [1.29, 1.82) is 0 Å². The summed E-state index contributed by atoms with van der Waals surface area (Å²) in [5, 5.41) is 14.2. The summed E-state index contributed by atoms with van der Waals surface area (Å²) in [5.74, 6) is 0.241. The van der Waals surface area contributed by atoms with Gasteiger partial charge >= 0.3 is 0 Å². The third-order valence-electron chi connectivity index (χ3n) is 4.74. The number of carbonyl (C=O) groups is 1. The molecule has 0 aliphatic heterocycles. The van der Waals surface area contributed by atoms with Crippen LogP contribution in [0.1, 0.15) is 38.8 Å². The van der Waals surface area contributed by atoms with Crippen LogP contribution in [0.4, 0.5) is 0 Å². The standard InChI is InChI=1S/C20H19NO3S/c1-24-11-15-14-5-2-3-8-18(14)25-19(15)20(23)21-16-10-9-13-12(16)6-4-7-17(13)22/h2-8,16,22H,9-11H2,1H3,(H,21,23). The normalized spacial score (nSPS) is 16.1. The SMILES string of the molecule is COCc1c(C(=O)NC2CCc3c(O)cccc32)sc2ccccc12. The number of aromatic hydroxyl groups is 1. The van der Waals surface area contributed by atoms with Gasteiger partial charge in [-0.1, -0.05) is 30.3 Å². The lowest BCUT2D eigenvalue weighted by atomic mass is 10.1. The van der Waals surface area contributed by atoms with Crippen molar-refractivity contribution >= 4 is 27.3 Å². The molecular weight excluding hydrogens is 334 g/mol. The van der Waals surface area contributed by atoms with Gasteiger partial charge < -0.3 is 15.2 Å². The quantitative estimate of drug-likeness (QED) is 0.740. The molecule has 1 heterocycles. The third kappa shape index (κ3) is 2.79. The molecule has 0 spiro atoms. The molecule has 0 bridgehead atoms. The molecule has 4 nitrogen and oxygen atoms in total. The number of rotatable bonds is 4. The van der Waals surface area contributed by atoms with Crippen LogP contribution >= 0.6 is 11.3 Å². The highest BCUT2D eigenvalue weighted by atomic mass is 32.1. The summed E-state index contributed by atoms with van der Waals surface area (Å²) in [5.41, 5.74) is 2.90. The molecule has 1 aliphatic rings. The Morgan fingerprint density at radius 1 is 1.28 bits per heavy atom. The van der Waals surface area contributed by atoms with Crippen molar-refractivity contribution in [3.8, 4) is 5.75 Å². The van der Waals surface area contributed by atoms with Crippen LogP contribution in [0, 0.1) is 0 Å². The zero-order valence-corrected chi connectivity index (χ0v) is 14.7. The molecule has 5 heteroatoms. The Morgan fingerprint density at radius 2 is 2.12 bits per heavy atom. The summed E-state index contributed by atoms with van der Waals surface area (Å²) in [6.45, 7) is 0.412. The van der Waals surface area contributed by atoms with Gasteiger partial charge in [-0.15, -0.1) is 11.3 Å². The molecule has 25 heavy (non-hydrogen) atoms. The lowest BCUT2D eigenvalue weighted by Gasteiger charge is -2.14. The van der Waals surface area contributed by atoms with Crippen molar-refractivity contribution in [2.45, 2.75) is 25.5 Å². The molecule has 0 saturated heterocycles. The molecule has 2 aromatic carbocycles. The predicted octanol–water partition coefficient (Wildman–Crippen LogP) is 4.17. The topological polar surface area (TPSA) is 58.6 Å². The fraction of sp³-hybridized carbons (Fsp3) is 0.250. The summed E-state index contributed by atoms with van der Waals surface area (Å²) < 4.78 is 6.41. The zero-order valence-electron chi connectivity index (χ0n) is 13.9. The summed E-state index contributed by atoms with van der Waals surface area (Å²) in [6, 6.07) is 13.5. The number of hydrogen-bond acceptors (Lipinski definition) is 4. The number of phenolic OH excluding ortho intramolecular Hbond substituents is 1. The molecule has 1 atom stereocenters. The lowest BCUT2D eigenvalue weighted by Crippen LogP contribution is -2.27. The molecule has 0 fully saturated rings. The van der Waals surface area contributed by atoms with Gasteiger partial charge in [-0.05, 0) is 41.5 Å². The molecular formula is C20H19NO3S. The number of ether oxygens (including phenoxy) is 1. The zero-order chi connectivity index (χ0) is 17.4.